The predicted molar refractivity (Wildman–Crippen MR) is 45.3 cm³/mol. The molecule has 0 spiro atoms. The Bertz CT molecular complexity index is 430. The standard InChI is InChI=1S/C7H6F3N5/c8-7(9,10)4-12-5-13-6-11-2-1-3-15(6)14-5/h1-3H,4H2,(H,12,14). The molecule has 0 aliphatic rings. The third-order valence-electron chi connectivity index (χ3n) is 1.56. The van der Waals surface area contributed by atoms with Gasteiger partial charge in [-0.2, -0.15) is 18.2 Å². The van der Waals surface area contributed by atoms with Gasteiger partial charge in [-0.05, 0) is 6.07 Å². The van der Waals surface area contributed by atoms with Gasteiger partial charge in [0.1, 0.15) is 6.54 Å². The van der Waals surface area contributed by atoms with Crippen LogP contribution in [0.4, 0.5) is 19.1 Å². The summed E-state index contributed by atoms with van der Waals surface area (Å²) < 4.78 is 36.9. The minimum atomic E-state index is -4.29. The molecule has 2 aromatic heterocycles. The van der Waals surface area contributed by atoms with Crippen molar-refractivity contribution in [2.75, 3.05) is 11.9 Å². The molecule has 8 heteroatoms. The molecule has 15 heavy (non-hydrogen) atoms. The lowest BCUT2D eigenvalue weighted by Crippen LogP contribution is -2.21. The molecule has 0 fully saturated rings. The van der Waals surface area contributed by atoms with Crippen molar-refractivity contribution < 1.29 is 13.2 Å². The van der Waals surface area contributed by atoms with Gasteiger partial charge >= 0.3 is 6.18 Å². The maximum Gasteiger partial charge on any atom is 0.405 e. The van der Waals surface area contributed by atoms with Crippen LogP contribution in [0.3, 0.4) is 0 Å². The third kappa shape index (κ3) is 2.33. The van der Waals surface area contributed by atoms with E-state index in [0.29, 0.717) is 0 Å². The van der Waals surface area contributed by atoms with Crippen molar-refractivity contribution in [2.24, 2.45) is 0 Å². The van der Waals surface area contributed by atoms with Crippen LogP contribution < -0.4 is 5.32 Å². The summed E-state index contributed by atoms with van der Waals surface area (Å²) in [5.41, 5.74) is 0. The molecule has 0 radical (unpaired) electrons. The Morgan fingerprint density at radius 3 is 2.87 bits per heavy atom. The van der Waals surface area contributed by atoms with Gasteiger partial charge in [0.25, 0.3) is 5.78 Å². The number of hydrogen-bond acceptors (Lipinski definition) is 4. The van der Waals surface area contributed by atoms with Gasteiger partial charge in [-0.3, -0.25) is 0 Å². The number of aromatic nitrogens is 4. The molecule has 2 heterocycles. The first-order valence-corrected chi connectivity index (χ1v) is 4.03. The molecule has 0 atom stereocenters. The number of rotatable bonds is 2. The monoisotopic (exact) mass is 217 g/mol. The summed E-state index contributed by atoms with van der Waals surface area (Å²) in [6.07, 6.45) is -1.25. The first-order valence-electron chi connectivity index (χ1n) is 4.03. The minimum absolute atomic E-state index is 0.0916. The lowest BCUT2D eigenvalue weighted by molar-refractivity contribution is -0.115. The van der Waals surface area contributed by atoms with E-state index in [4.69, 9.17) is 0 Å². The van der Waals surface area contributed by atoms with Crippen molar-refractivity contribution in [3.63, 3.8) is 0 Å². The highest BCUT2D eigenvalue weighted by Crippen LogP contribution is 2.14. The third-order valence-corrected chi connectivity index (χ3v) is 1.56. The number of nitrogens with zero attached hydrogens (tertiary/aromatic N) is 4. The molecule has 0 amide bonds. The molecule has 0 saturated carbocycles. The number of hydrogen-bond donors (Lipinski definition) is 1. The minimum Gasteiger partial charge on any atom is -0.344 e. The zero-order chi connectivity index (χ0) is 10.9. The van der Waals surface area contributed by atoms with E-state index >= 15 is 0 Å². The lowest BCUT2D eigenvalue weighted by atomic mass is 10.6. The quantitative estimate of drug-likeness (QED) is 0.818. The van der Waals surface area contributed by atoms with Crippen LogP contribution in [0.2, 0.25) is 0 Å². The molecule has 0 aromatic carbocycles. The molecule has 0 aliphatic heterocycles. The fourth-order valence-electron chi connectivity index (χ4n) is 0.987. The lowest BCUT2D eigenvalue weighted by Gasteiger charge is -2.04. The molecule has 0 aliphatic carbocycles. The van der Waals surface area contributed by atoms with Crippen LogP contribution in [0.25, 0.3) is 5.78 Å². The maximum atomic E-state index is 11.9. The average Bonchev–Trinajstić information content (AvgIpc) is 2.56. The van der Waals surface area contributed by atoms with Crippen LogP contribution in [-0.4, -0.2) is 32.3 Å². The van der Waals surface area contributed by atoms with E-state index in [1.807, 2.05) is 0 Å². The fraction of sp³-hybridized carbons (Fsp3) is 0.286. The smallest absolute Gasteiger partial charge is 0.344 e. The molecule has 0 bridgehead atoms. The van der Waals surface area contributed by atoms with Gasteiger partial charge < -0.3 is 5.32 Å². The summed E-state index contributed by atoms with van der Waals surface area (Å²) in [6.45, 7) is -1.16. The van der Waals surface area contributed by atoms with E-state index in [1.54, 1.807) is 12.3 Å². The molecule has 2 rings (SSSR count). The van der Waals surface area contributed by atoms with Crippen LogP contribution in [0.1, 0.15) is 0 Å². The van der Waals surface area contributed by atoms with Crippen LogP contribution in [0.15, 0.2) is 18.5 Å². The van der Waals surface area contributed by atoms with Crippen molar-refractivity contribution in [2.45, 2.75) is 6.18 Å². The normalized spacial score (nSPS) is 11.9. The van der Waals surface area contributed by atoms with Crippen molar-refractivity contribution in [1.29, 1.82) is 0 Å². The SMILES string of the molecule is FC(F)(F)CNc1nc2ncccn2n1. The first-order chi connectivity index (χ1) is 7.04. The van der Waals surface area contributed by atoms with E-state index in [1.165, 1.54) is 10.7 Å². The number of fused-ring (bicyclic) bond motifs is 1. The van der Waals surface area contributed by atoms with Crippen LogP contribution in [0.5, 0.6) is 0 Å². The zero-order valence-corrected chi connectivity index (χ0v) is 7.36. The van der Waals surface area contributed by atoms with Crippen molar-refractivity contribution in [1.82, 2.24) is 19.6 Å². The number of nitrogens with one attached hydrogen (secondary N) is 1. The summed E-state index contributed by atoms with van der Waals surface area (Å²) in [5, 5.41) is 5.81. The predicted octanol–water partition coefficient (Wildman–Crippen LogP) is 1.10. The summed E-state index contributed by atoms with van der Waals surface area (Å²) in [4.78, 5) is 7.56. The maximum absolute atomic E-state index is 11.9. The number of anilines is 1. The molecule has 80 valence electrons. The molecule has 5 nitrogen and oxygen atoms in total. The van der Waals surface area contributed by atoms with Crippen molar-refractivity contribution in [3.05, 3.63) is 18.5 Å². The van der Waals surface area contributed by atoms with Gasteiger partial charge in [0, 0.05) is 12.4 Å². The molecular formula is C7H6F3N5. The Morgan fingerprint density at radius 1 is 1.40 bits per heavy atom. The highest BCUT2D eigenvalue weighted by atomic mass is 19.4. The van der Waals surface area contributed by atoms with Crippen molar-refractivity contribution in [3.8, 4) is 0 Å². The first kappa shape index (κ1) is 9.69. The Kier molecular flexibility index (Phi) is 2.18. The average molecular weight is 217 g/mol. The molecule has 1 N–H and O–H groups in total. The van der Waals surface area contributed by atoms with Crippen molar-refractivity contribution >= 4 is 11.7 Å². The number of halogens is 3. The van der Waals surface area contributed by atoms with Gasteiger partial charge in [0.15, 0.2) is 0 Å². The Labute approximate surface area is 82.0 Å². The van der Waals surface area contributed by atoms with E-state index < -0.39 is 12.7 Å². The van der Waals surface area contributed by atoms with Gasteiger partial charge in [0.05, 0.1) is 0 Å². The highest BCUT2D eigenvalue weighted by molar-refractivity contribution is 5.35. The van der Waals surface area contributed by atoms with Gasteiger partial charge in [0.2, 0.25) is 5.95 Å². The van der Waals surface area contributed by atoms with E-state index in [2.05, 4.69) is 20.4 Å². The summed E-state index contributed by atoms with van der Waals surface area (Å²) in [7, 11) is 0. The topological polar surface area (TPSA) is 55.1 Å². The second-order valence-corrected chi connectivity index (χ2v) is 2.77. The second kappa shape index (κ2) is 3.37. The van der Waals surface area contributed by atoms with Gasteiger partial charge in [-0.25, -0.2) is 9.50 Å². The van der Waals surface area contributed by atoms with Gasteiger partial charge in [-0.1, -0.05) is 0 Å². The summed E-state index contributed by atoms with van der Waals surface area (Å²) >= 11 is 0. The zero-order valence-electron chi connectivity index (χ0n) is 7.36. The summed E-state index contributed by atoms with van der Waals surface area (Å²) in [6, 6.07) is 1.61. The van der Waals surface area contributed by atoms with Crippen LogP contribution in [-0.2, 0) is 0 Å². The summed E-state index contributed by atoms with van der Waals surface area (Å²) in [5.74, 6) is 0.160. The van der Waals surface area contributed by atoms with E-state index in [9.17, 15) is 13.2 Å². The second-order valence-electron chi connectivity index (χ2n) is 2.77. The Morgan fingerprint density at radius 2 is 2.20 bits per heavy atom. The molecular weight excluding hydrogens is 211 g/mol. The van der Waals surface area contributed by atoms with E-state index in [-0.39, 0.29) is 11.7 Å². The highest BCUT2D eigenvalue weighted by Gasteiger charge is 2.27. The molecule has 0 unspecified atom stereocenters. The number of alkyl halides is 3. The largest absolute Gasteiger partial charge is 0.405 e. The Hall–Kier alpha value is -1.86. The molecule has 0 saturated heterocycles. The molecule has 2 aromatic rings. The fourth-order valence-corrected chi connectivity index (χ4v) is 0.987. The van der Waals surface area contributed by atoms with Gasteiger partial charge in [-0.15, -0.1) is 5.10 Å². The van der Waals surface area contributed by atoms with Crippen LogP contribution >= 0.6 is 0 Å². The van der Waals surface area contributed by atoms with E-state index in [0.717, 1.165) is 0 Å². The van der Waals surface area contributed by atoms with Crippen LogP contribution in [0, 0.1) is 0 Å². The Balaban J connectivity index is 2.16.